The van der Waals surface area contributed by atoms with E-state index in [1.54, 1.807) is 0 Å². The first-order valence-corrected chi connectivity index (χ1v) is 10.4. The first-order chi connectivity index (χ1) is 13.6. The number of hydrogen-bond donors (Lipinski definition) is 0. The topological polar surface area (TPSA) is 20.3 Å². The van der Waals surface area contributed by atoms with Crippen molar-refractivity contribution in [3.8, 4) is 0 Å². The molecular formula is C25H26BrNO. The van der Waals surface area contributed by atoms with Gasteiger partial charge >= 0.3 is 0 Å². The lowest BCUT2D eigenvalue weighted by Crippen LogP contribution is -2.42. The first kappa shape index (κ1) is 20.5. The van der Waals surface area contributed by atoms with Gasteiger partial charge < -0.3 is 0 Å². The van der Waals surface area contributed by atoms with E-state index in [0.717, 1.165) is 23.1 Å². The van der Waals surface area contributed by atoms with Crippen molar-refractivity contribution in [3.05, 3.63) is 107 Å². The molecule has 0 N–H and O–H groups in total. The summed E-state index contributed by atoms with van der Waals surface area (Å²) in [6, 6.07) is 18.0. The number of halogens is 1. The van der Waals surface area contributed by atoms with E-state index in [1.165, 1.54) is 5.56 Å². The van der Waals surface area contributed by atoms with Gasteiger partial charge in [-0.15, -0.1) is 6.58 Å². The zero-order valence-electron chi connectivity index (χ0n) is 16.2. The normalized spacial score (nSPS) is 21.0. The average Bonchev–Trinajstić information content (AvgIpc) is 2.74. The number of Topliss-reactive ketones (excluding diaryl/α,β-unsaturated/α-hetero) is 1. The second-order valence-corrected chi connectivity index (χ2v) is 8.06. The second kappa shape index (κ2) is 9.31. The van der Waals surface area contributed by atoms with Crippen LogP contribution in [0.25, 0.3) is 0 Å². The Balaban J connectivity index is 1.94. The molecule has 2 aromatic rings. The third kappa shape index (κ3) is 4.60. The van der Waals surface area contributed by atoms with Gasteiger partial charge in [0.15, 0.2) is 5.78 Å². The van der Waals surface area contributed by atoms with E-state index in [9.17, 15) is 4.79 Å². The number of ketones is 1. The summed E-state index contributed by atoms with van der Waals surface area (Å²) in [7, 11) is 0. The largest absolute Gasteiger partial charge is 0.298 e. The van der Waals surface area contributed by atoms with Gasteiger partial charge in [-0.2, -0.15) is 0 Å². The molecular weight excluding hydrogens is 410 g/mol. The van der Waals surface area contributed by atoms with Crippen molar-refractivity contribution >= 4 is 21.7 Å². The second-order valence-electron chi connectivity index (χ2n) is 7.15. The van der Waals surface area contributed by atoms with Crippen molar-refractivity contribution in [1.82, 2.24) is 4.90 Å². The van der Waals surface area contributed by atoms with Gasteiger partial charge in [0, 0.05) is 29.0 Å². The lowest BCUT2D eigenvalue weighted by molar-refractivity contribution is 0.0852. The van der Waals surface area contributed by atoms with E-state index in [4.69, 9.17) is 0 Å². The summed E-state index contributed by atoms with van der Waals surface area (Å²) in [5.74, 6) is 0.322. The Kier molecular flexibility index (Phi) is 6.82. The fourth-order valence-corrected chi connectivity index (χ4v) is 3.89. The molecule has 0 amide bonds. The van der Waals surface area contributed by atoms with Gasteiger partial charge in [0.2, 0.25) is 0 Å². The van der Waals surface area contributed by atoms with Gasteiger partial charge in [0.25, 0.3) is 0 Å². The number of carbonyl (C=O) groups excluding carboxylic acids is 1. The molecule has 0 atom stereocenters. The van der Waals surface area contributed by atoms with Crippen molar-refractivity contribution in [2.45, 2.75) is 12.8 Å². The number of allylic oxidation sites excluding steroid dienone is 2. The molecule has 0 fully saturated rings. The summed E-state index contributed by atoms with van der Waals surface area (Å²) in [6.07, 6.45) is 10.4. The molecule has 2 aromatic carbocycles. The standard InChI is InChI=1S/C25H26BrNO/c1-3-18-27(4-2)19-25(24(28)22-10-12-23(26)13-11-22)16-14-21(15-17-25)20-8-6-5-7-9-20/h3,5-17,21H,1,4,18-19H2,2H3. The fourth-order valence-electron chi connectivity index (χ4n) is 3.62. The maximum Gasteiger partial charge on any atom is 0.177 e. The highest BCUT2D eigenvalue weighted by molar-refractivity contribution is 9.10. The van der Waals surface area contributed by atoms with Crippen LogP contribution in [-0.4, -0.2) is 30.3 Å². The summed E-state index contributed by atoms with van der Waals surface area (Å²) >= 11 is 3.45. The van der Waals surface area contributed by atoms with Crippen molar-refractivity contribution in [2.24, 2.45) is 5.41 Å². The molecule has 0 saturated heterocycles. The molecule has 3 rings (SSSR count). The zero-order chi connectivity index (χ0) is 20.0. The molecule has 0 radical (unpaired) electrons. The molecule has 0 spiro atoms. The minimum Gasteiger partial charge on any atom is -0.298 e. The van der Waals surface area contributed by atoms with Crippen molar-refractivity contribution in [2.75, 3.05) is 19.6 Å². The van der Waals surface area contributed by atoms with E-state index in [-0.39, 0.29) is 11.7 Å². The Morgan fingerprint density at radius 1 is 1.11 bits per heavy atom. The summed E-state index contributed by atoms with van der Waals surface area (Å²) in [4.78, 5) is 15.8. The Morgan fingerprint density at radius 2 is 1.75 bits per heavy atom. The summed E-state index contributed by atoms with van der Waals surface area (Å²) in [6.45, 7) is 8.24. The Hall–Kier alpha value is -2.23. The quantitative estimate of drug-likeness (QED) is 0.372. The molecule has 3 heteroatoms. The van der Waals surface area contributed by atoms with Crippen LogP contribution in [-0.2, 0) is 0 Å². The Bertz CT molecular complexity index is 853. The summed E-state index contributed by atoms with van der Waals surface area (Å²) in [5.41, 5.74) is 1.29. The molecule has 0 bridgehead atoms. The first-order valence-electron chi connectivity index (χ1n) is 9.65. The van der Waals surface area contributed by atoms with Crippen LogP contribution in [0, 0.1) is 5.41 Å². The van der Waals surface area contributed by atoms with Crippen LogP contribution in [0.3, 0.4) is 0 Å². The molecule has 28 heavy (non-hydrogen) atoms. The molecule has 0 aliphatic heterocycles. The lowest BCUT2D eigenvalue weighted by atomic mass is 9.74. The van der Waals surface area contributed by atoms with Crippen molar-refractivity contribution in [3.63, 3.8) is 0 Å². The molecule has 0 saturated carbocycles. The number of nitrogens with zero attached hydrogens (tertiary/aromatic N) is 1. The van der Waals surface area contributed by atoms with Crippen LogP contribution in [0.4, 0.5) is 0 Å². The van der Waals surface area contributed by atoms with Crippen LogP contribution in [0.5, 0.6) is 0 Å². The minimum atomic E-state index is -0.669. The van der Waals surface area contributed by atoms with Crippen molar-refractivity contribution < 1.29 is 4.79 Å². The average molecular weight is 436 g/mol. The maximum absolute atomic E-state index is 13.6. The Morgan fingerprint density at radius 3 is 2.32 bits per heavy atom. The van der Waals surface area contributed by atoms with Crippen molar-refractivity contribution in [1.29, 1.82) is 0 Å². The highest BCUT2D eigenvalue weighted by Crippen LogP contribution is 2.36. The van der Waals surface area contributed by atoms with E-state index in [2.05, 4.69) is 82.9 Å². The molecule has 1 aliphatic carbocycles. The predicted molar refractivity (Wildman–Crippen MR) is 121 cm³/mol. The molecule has 0 unspecified atom stereocenters. The van der Waals surface area contributed by atoms with E-state index >= 15 is 0 Å². The molecule has 2 nitrogen and oxygen atoms in total. The van der Waals surface area contributed by atoms with Gasteiger partial charge in [-0.25, -0.2) is 0 Å². The third-order valence-corrected chi connectivity index (χ3v) is 5.76. The van der Waals surface area contributed by atoms with Gasteiger partial charge in [-0.3, -0.25) is 9.69 Å². The maximum atomic E-state index is 13.6. The predicted octanol–water partition coefficient (Wildman–Crippen LogP) is 6.04. The van der Waals surface area contributed by atoms with Crippen LogP contribution < -0.4 is 0 Å². The van der Waals surface area contributed by atoms with Gasteiger partial charge in [0.05, 0.1) is 5.41 Å². The summed E-state index contributed by atoms with van der Waals surface area (Å²) < 4.78 is 0.971. The lowest BCUT2D eigenvalue weighted by Gasteiger charge is -2.34. The highest BCUT2D eigenvalue weighted by atomic mass is 79.9. The van der Waals surface area contributed by atoms with Crippen LogP contribution in [0.2, 0.25) is 0 Å². The Labute approximate surface area is 176 Å². The highest BCUT2D eigenvalue weighted by Gasteiger charge is 2.37. The smallest absolute Gasteiger partial charge is 0.177 e. The zero-order valence-corrected chi connectivity index (χ0v) is 17.8. The van der Waals surface area contributed by atoms with E-state index in [0.29, 0.717) is 6.54 Å². The molecule has 144 valence electrons. The van der Waals surface area contributed by atoms with E-state index < -0.39 is 5.41 Å². The van der Waals surface area contributed by atoms with E-state index in [1.807, 2.05) is 36.4 Å². The summed E-state index contributed by atoms with van der Waals surface area (Å²) in [5, 5.41) is 0. The van der Waals surface area contributed by atoms with Crippen LogP contribution in [0.1, 0.15) is 28.8 Å². The third-order valence-electron chi connectivity index (χ3n) is 5.24. The fraction of sp³-hybridized carbons (Fsp3) is 0.240. The number of likely N-dealkylation sites (N-methyl/N-ethyl adjacent to an activating group) is 1. The SMILES string of the molecule is C=CCN(CC)CC1(C(=O)c2ccc(Br)cc2)C=CC(c2ccccc2)C=C1. The van der Waals surface area contributed by atoms with Gasteiger partial charge in [-0.1, -0.05) is 95.7 Å². The molecule has 0 heterocycles. The van der Waals surface area contributed by atoms with Crippen LogP contribution in [0.15, 0.2) is 96.0 Å². The number of hydrogen-bond acceptors (Lipinski definition) is 2. The number of rotatable bonds is 8. The monoisotopic (exact) mass is 435 g/mol. The van der Waals surface area contributed by atoms with Gasteiger partial charge in [0.1, 0.15) is 0 Å². The van der Waals surface area contributed by atoms with Gasteiger partial charge in [-0.05, 0) is 24.2 Å². The number of carbonyl (C=O) groups is 1. The minimum absolute atomic E-state index is 0.126. The molecule has 1 aliphatic rings. The molecule has 0 aromatic heterocycles. The van der Waals surface area contributed by atoms with Crippen LogP contribution >= 0.6 is 15.9 Å². The number of benzene rings is 2.